The first kappa shape index (κ1) is 20.4. The van der Waals surface area contributed by atoms with Crippen molar-refractivity contribution in [3.8, 4) is 11.5 Å². The average molecular weight is 470 g/mol. The Morgan fingerprint density at radius 1 is 1.29 bits per heavy atom. The molecule has 1 N–H and O–H groups in total. The Hall–Kier alpha value is -2.33. The van der Waals surface area contributed by atoms with E-state index in [9.17, 15) is 13.2 Å². The number of nitrogens with zero attached hydrogens (tertiary/aromatic N) is 2. The molecule has 1 aromatic carbocycles. The van der Waals surface area contributed by atoms with Crippen molar-refractivity contribution in [1.82, 2.24) is 14.5 Å². The highest BCUT2D eigenvalue weighted by Gasteiger charge is 2.25. The minimum atomic E-state index is -3.41. The van der Waals surface area contributed by atoms with E-state index in [0.29, 0.717) is 39.3 Å². The first-order valence-electron chi connectivity index (χ1n) is 8.47. The van der Waals surface area contributed by atoms with E-state index in [1.165, 1.54) is 11.7 Å². The summed E-state index contributed by atoms with van der Waals surface area (Å²) in [6.07, 6.45) is 2.69. The summed E-state index contributed by atoms with van der Waals surface area (Å²) in [5.41, 5.74) is 1.04. The molecule has 0 aliphatic heterocycles. The summed E-state index contributed by atoms with van der Waals surface area (Å²) in [7, 11) is -1.89. The standard InChI is InChI=1S/C18H20BrN3O5S/c1-4-27-16-7-11(5-6-15(16)26-2)14(10-28(3,24)25)22-17-13(21-18(22)23)8-12(19)9-20-17/h5-9,14H,4,10H2,1-3H3,(H,21,23). The van der Waals surface area contributed by atoms with Crippen LogP contribution in [0.4, 0.5) is 0 Å². The molecule has 0 spiro atoms. The summed E-state index contributed by atoms with van der Waals surface area (Å²) in [5, 5.41) is 0. The van der Waals surface area contributed by atoms with Gasteiger partial charge in [0, 0.05) is 16.9 Å². The van der Waals surface area contributed by atoms with E-state index in [4.69, 9.17) is 9.47 Å². The van der Waals surface area contributed by atoms with Crippen molar-refractivity contribution in [3.05, 3.63) is 51.0 Å². The Morgan fingerprint density at radius 3 is 2.68 bits per heavy atom. The number of halogens is 1. The van der Waals surface area contributed by atoms with Gasteiger partial charge in [0.25, 0.3) is 0 Å². The molecule has 150 valence electrons. The Morgan fingerprint density at radius 2 is 2.04 bits per heavy atom. The summed E-state index contributed by atoms with van der Waals surface area (Å²) < 4.78 is 37.2. The molecule has 2 heterocycles. The maximum absolute atomic E-state index is 12.7. The lowest BCUT2D eigenvalue weighted by Gasteiger charge is -2.20. The number of rotatable bonds is 7. The summed E-state index contributed by atoms with van der Waals surface area (Å²) in [5.74, 6) is 0.733. The zero-order valence-electron chi connectivity index (χ0n) is 15.6. The molecule has 3 aromatic rings. The lowest BCUT2D eigenvalue weighted by atomic mass is 10.1. The van der Waals surface area contributed by atoms with Gasteiger partial charge >= 0.3 is 5.69 Å². The quantitative estimate of drug-likeness (QED) is 0.570. The molecule has 0 amide bonds. The van der Waals surface area contributed by atoms with Crippen molar-refractivity contribution in [2.75, 3.05) is 25.7 Å². The number of H-pyrrole nitrogens is 1. The molecule has 0 radical (unpaired) electrons. The molecule has 0 bridgehead atoms. The molecule has 10 heteroatoms. The summed E-state index contributed by atoms with van der Waals surface area (Å²) in [4.78, 5) is 19.7. The van der Waals surface area contributed by atoms with Gasteiger partial charge in [-0.3, -0.25) is 4.57 Å². The monoisotopic (exact) mass is 469 g/mol. The number of nitrogens with one attached hydrogen (secondary N) is 1. The van der Waals surface area contributed by atoms with Crippen LogP contribution >= 0.6 is 15.9 Å². The van der Waals surface area contributed by atoms with Crippen molar-refractivity contribution in [2.24, 2.45) is 0 Å². The van der Waals surface area contributed by atoms with E-state index in [1.54, 1.807) is 30.5 Å². The number of benzene rings is 1. The molecule has 1 unspecified atom stereocenters. The predicted octanol–water partition coefficient (Wildman–Crippen LogP) is 2.53. The van der Waals surface area contributed by atoms with Gasteiger partial charge in [0.1, 0.15) is 9.84 Å². The molecule has 3 rings (SSSR count). The molecule has 0 aliphatic carbocycles. The van der Waals surface area contributed by atoms with E-state index in [2.05, 4.69) is 25.9 Å². The van der Waals surface area contributed by atoms with Crippen molar-refractivity contribution >= 4 is 36.9 Å². The number of sulfone groups is 1. The Balaban J connectivity index is 2.23. The van der Waals surface area contributed by atoms with E-state index in [1.807, 2.05) is 6.92 Å². The van der Waals surface area contributed by atoms with Gasteiger partial charge in [-0.05, 0) is 46.6 Å². The third kappa shape index (κ3) is 4.22. The first-order valence-corrected chi connectivity index (χ1v) is 11.3. The van der Waals surface area contributed by atoms with Crippen LogP contribution in [0.2, 0.25) is 0 Å². The number of hydrogen-bond acceptors (Lipinski definition) is 6. The number of imidazole rings is 1. The Kier molecular flexibility index (Phi) is 5.80. The number of hydrogen-bond donors (Lipinski definition) is 1. The van der Waals surface area contributed by atoms with Crippen LogP contribution in [0.15, 0.2) is 39.7 Å². The maximum atomic E-state index is 12.7. The number of pyridine rings is 1. The average Bonchev–Trinajstić information content (AvgIpc) is 2.94. The summed E-state index contributed by atoms with van der Waals surface area (Å²) >= 11 is 3.32. The lowest BCUT2D eigenvalue weighted by molar-refractivity contribution is 0.310. The molecule has 1 atom stereocenters. The zero-order chi connectivity index (χ0) is 20.5. The molecule has 0 fully saturated rings. The van der Waals surface area contributed by atoms with Crippen molar-refractivity contribution < 1.29 is 17.9 Å². The van der Waals surface area contributed by atoms with Crippen molar-refractivity contribution in [1.29, 1.82) is 0 Å². The van der Waals surface area contributed by atoms with Gasteiger partial charge < -0.3 is 14.5 Å². The van der Waals surface area contributed by atoms with Crippen molar-refractivity contribution in [2.45, 2.75) is 13.0 Å². The number of ether oxygens (including phenoxy) is 2. The molecule has 28 heavy (non-hydrogen) atoms. The van der Waals surface area contributed by atoms with Gasteiger partial charge in [0.2, 0.25) is 0 Å². The minimum absolute atomic E-state index is 0.268. The molecule has 0 aliphatic rings. The normalized spacial score (nSPS) is 12.9. The molecular formula is C18H20BrN3O5S. The van der Waals surface area contributed by atoms with Crippen LogP contribution in [0.5, 0.6) is 11.5 Å². The van der Waals surface area contributed by atoms with Gasteiger partial charge in [-0.2, -0.15) is 0 Å². The van der Waals surface area contributed by atoms with Crippen LogP contribution in [-0.2, 0) is 9.84 Å². The van der Waals surface area contributed by atoms with Crippen LogP contribution in [0, 0.1) is 0 Å². The van der Waals surface area contributed by atoms with Crippen LogP contribution in [0.25, 0.3) is 11.2 Å². The SMILES string of the molecule is CCOc1cc(C(CS(C)(=O)=O)n2c(=O)[nH]c3cc(Br)cnc32)ccc1OC. The zero-order valence-corrected chi connectivity index (χ0v) is 18.0. The lowest BCUT2D eigenvalue weighted by Crippen LogP contribution is -2.28. The van der Waals surface area contributed by atoms with E-state index >= 15 is 0 Å². The molecular weight excluding hydrogens is 450 g/mol. The largest absolute Gasteiger partial charge is 0.493 e. The fourth-order valence-electron chi connectivity index (χ4n) is 3.05. The van der Waals surface area contributed by atoms with E-state index in [-0.39, 0.29) is 5.75 Å². The van der Waals surface area contributed by atoms with Gasteiger partial charge in [-0.1, -0.05) is 6.07 Å². The van der Waals surface area contributed by atoms with Gasteiger partial charge in [-0.25, -0.2) is 18.2 Å². The highest BCUT2D eigenvalue weighted by molar-refractivity contribution is 9.10. The molecule has 0 saturated heterocycles. The predicted molar refractivity (Wildman–Crippen MR) is 110 cm³/mol. The fourth-order valence-corrected chi connectivity index (χ4v) is 4.30. The summed E-state index contributed by atoms with van der Waals surface area (Å²) in [6.45, 7) is 2.26. The van der Waals surface area contributed by atoms with Gasteiger partial charge in [-0.15, -0.1) is 0 Å². The van der Waals surface area contributed by atoms with Crippen LogP contribution < -0.4 is 15.2 Å². The number of aromatic nitrogens is 3. The minimum Gasteiger partial charge on any atom is -0.493 e. The third-order valence-corrected chi connectivity index (χ3v) is 5.52. The fraction of sp³-hybridized carbons (Fsp3) is 0.333. The van der Waals surface area contributed by atoms with Crippen LogP contribution in [0.1, 0.15) is 18.5 Å². The Bertz CT molecular complexity index is 1170. The molecule has 8 nitrogen and oxygen atoms in total. The number of aromatic amines is 1. The van der Waals surface area contributed by atoms with E-state index < -0.39 is 21.6 Å². The maximum Gasteiger partial charge on any atom is 0.328 e. The second-order valence-electron chi connectivity index (χ2n) is 6.28. The number of methoxy groups -OCH3 is 1. The topological polar surface area (TPSA) is 103 Å². The summed E-state index contributed by atoms with van der Waals surface area (Å²) in [6, 6.07) is 6.05. The highest BCUT2D eigenvalue weighted by Crippen LogP contribution is 2.32. The van der Waals surface area contributed by atoms with Gasteiger partial charge in [0.15, 0.2) is 17.1 Å². The smallest absolute Gasteiger partial charge is 0.328 e. The van der Waals surface area contributed by atoms with Gasteiger partial charge in [0.05, 0.1) is 31.0 Å². The van der Waals surface area contributed by atoms with Crippen LogP contribution in [-0.4, -0.2) is 48.7 Å². The second-order valence-corrected chi connectivity index (χ2v) is 9.38. The molecule has 0 saturated carbocycles. The number of fused-ring (bicyclic) bond motifs is 1. The van der Waals surface area contributed by atoms with E-state index in [0.717, 1.165) is 6.26 Å². The first-order chi connectivity index (χ1) is 13.2. The third-order valence-electron chi connectivity index (χ3n) is 4.17. The van der Waals surface area contributed by atoms with Crippen LogP contribution in [0.3, 0.4) is 0 Å². The highest BCUT2D eigenvalue weighted by atomic mass is 79.9. The Labute approximate surface area is 170 Å². The second kappa shape index (κ2) is 7.96. The van der Waals surface area contributed by atoms with Crippen molar-refractivity contribution in [3.63, 3.8) is 0 Å². The molecule has 2 aromatic heterocycles.